The standard InChI is InChI=1S/C14H19FN2O3/c1-4-12(8(2)3)17-14(20)16-9-5-6-11(15)10(7-9)13(18)19/h5-8,12H,4H2,1-3H3,(H,18,19)(H2,16,17,20). The predicted molar refractivity (Wildman–Crippen MR) is 74.4 cm³/mol. The van der Waals surface area contributed by atoms with Crippen LogP contribution in [0.3, 0.4) is 0 Å². The molecule has 0 aliphatic carbocycles. The Kier molecular flexibility index (Phi) is 5.49. The lowest BCUT2D eigenvalue weighted by atomic mass is 10.0. The van der Waals surface area contributed by atoms with E-state index >= 15 is 0 Å². The first-order valence-corrected chi connectivity index (χ1v) is 6.45. The van der Waals surface area contributed by atoms with Gasteiger partial charge in [-0.3, -0.25) is 0 Å². The first-order valence-electron chi connectivity index (χ1n) is 6.45. The number of benzene rings is 1. The molecule has 0 saturated heterocycles. The number of carboxylic acid groups (broad SMARTS) is 1. The van der Waals surface area contributed by atoms with Crippen molar-refractivity contribution in [1.29, 1.82) is 0 Å². The molecule has 6 heteroatoms. The number of carbonyl (C=O) groups is 2. The van der Waals surface area contributed by atoms with Crippen molar-refractivity contribution in [3.63, 3.8) is 0 Å². The van der Waals surface area contributed by atoms with Crippen LogP contribution in [0.4, 0.5) is 14.9 Å². The molecule has 0 fully saturated rings. The number of carboxylic acids is 1. The van der Waals surface area contributed by atoms with Gasteiger partial charge in [0.05, 0.1) is 5.56 Å². The molecule has 2 amide bonds. The molecule has 0 bridgehead atoms. The minimum Gasteiger partial charge on any atom is -0.478 e. The molecule has 0 spiro atoms. The second-order valence-electron chi connectivity index (χ2n) is 4.86. The van der Waals surface area contributed by atoms with E-state index in [9.17, 15) is 14.0 Å². The minimum absolute atomic E-state index is 0.0226. The summed E-state index contributed by atoms with van der Waals surface area (Å²) in [5.74, 6) is -1.93. The first-order chi connectivity index (χ1) is 9.35. The van der Waals surface area contributed by atoms with Crippen molar-refractivity contribution in [3.05, 3.63) is 29.6 Å². The average molecular weight is 282 g/mol. The fourth-order valence-corrected chi connectivity index (χ4v) is 1.84. The highest BCUT2D eigenvalue weighted by atomic mass is 19.1. The van der Waals surface area contributed by atoms with Gasteiger partial charge in [0.2, 0.25) is 0 Å². The lowest BCUT2D eigenvalue weighted by Crippen LogP contribution is -2.40. The predicted octanol–water partition coefficient (Wildman–Crippen LogP) is 3.08. The molecule has 5 nitrogen and oxygen atoms in total. The number of amides is 2. The summed E-state index contributed by atoms with van der Waals surface area (Å²) in [5, 5.41) is 14.1. The third kappa shape index (κ3) is 4.22. The van der Waals surface area contributed by atoms with E-state index in [1.165, 1.54) is 6.07 Å². The molecule has 1 atom stereocenters. The van der Waals surface area contributed by atoms with Crippen molar-refractivity contribution >= 4 is 17.7 Å². The van der Waals surface area contributed by atoms with E-state index in [1.54, 1.807) is 0 Å². The van der Waals surface area contributed by atoms with Crippen LogP contribution in [0.2, 0.25) is 0 Å². The number of rotatable bonds is 5. The molecule has 1 aromatic rings. The van der Waals surface area contributed by atoms with Gasteiger partial charge in [-0.15, -0.1) is 0 Å². The zero-order chi connectivity index (χ0) is 15.3. The van der Waals surface area contributed by atoms with Gasteiger partial charge in [0, 0.05) is 11.7 Å². The fraction of sp³-hybridized carbons (Fsp3) is 0.429. The summed E-state index contributed by atoms with van der Waals surface area (Å²) in [6.07, 6.45) is 0.787. The molecule has 0 aliphatic rings. The Hall–Kier alpha value is -2.11. The number of anilines is 1. The number of urea groups is 1. The summed E-state index contributed by atoms with van der Waals surface area (Å²) in [6.45, 7) is 5.95. The number of nitrogens with one attached hydrogen (secondary N) is 2. The molecule has 0 aromatic heterocycles. The van der Waals surface area contributed by atoms with Crippen molar-refractivity contribution < 1.29 is 19.1 Å². The van der Waals surface area contributed by atoms with E-state index < -0.39 is 23.4 Å². The van der Waals surface area contributed by atoms with Crippen molar-refractivity contribution in [3.8, 4) is 0 Å². The average Bonchev–Trinajstić information content (AvgIpc) is 2.37. The molecule has 0 radical (unpaired) electrons. The Morgan fingerprint density at radius 2 is 2.00 bits per heavy atom. The van der Waals surface area contributed by atoms with Crippen LogP contribution in [-0.2, 0) is 0 Å². The molecular weight excluding hydrogens is 263 g/mol. The number of hydrogen-bond donors (Lipinski definition) is 3. The van der Waals surface area contributed by atoms with Gasteiger partial charge < -0.3 is 15.7 Å². The normalized spacial score (nSPS) is 12.1. The SMILES string of the molecule is CCC(NC(=O)Nc1ccc(F)c(C(=O)O)c1)C(C)C. The minimum atomic E-state index is -1.37. The Morgan fingerprint density at radius 1 is 1.35 bits per heavy atom. The number of aromatic carboxylic acids is 1. The summed E-state index contributed by atoms with van der Waals surface area (Å²) < 4.78 is 13.2. The van der Waals surface area contributed by atoms with E-state index in [2.05, 4.69) is 10.6 Å². The van der Waals surface area contributed by atoms with Gasteiger partial charge >= 0.3 is 12.0 Å². The van der Waals surface area contributed by atoms with Gasteiger partial charge in [-0.05, 0) is 30.5 Å². The van der Waals surface area contributed by atoms with E-state index in [0.717, 1.165) is 18.6 Å². The second-order valence-corrected chi connectivity index (χ2v) is 4.86. The molecule has 3 N–H and O–H groups in total. The largest absolute Gasteiger partial charge is 0.478 e. The van der Waals surface area contributed by atoms with Crippen molar-refractivity contribution in [1.82, 2.24) is 5.32 Å². The smallest absolute Gasteiger partial charge is 0.338 e. The van der Waals surface area contributed by atoms with Crippen molar-refractivity contribution in [2.45, 2.75) is 33.2 Å². The summed E-state index contributed by atoms with van der Waals surface area (Å²) in [6, 6.07) is 3.01. The van der Waals surface area contributed by atoms with E-state index in [0.29, 0.717) is 0 Å². The Balaban J connectivity index is 2.76. The number of halogens is 1. The summed E-state index contributed by atoms with van der Waals surface area (Å²) in [7, 11) is 0. The molecule has 1 rings (SSSR count). The van der Waals surface area contributed by atoms with Crippen LogP contribution >= 0.6 is 0 Å². The molecule has 0 saturated carbocycles. The van der Waals surface area contributed by atoms with Crippen LogP contribution in [0, 0.1) is 11.7 Å². The van der Waals surface area contributed by atoms with Gasteiger partial charge in [0.25, 0.3) is 0 Å². The van der Waals surface area contributed by atoms with Crippen LogP contribution in [-0.4, -0.2) is 23.1 Å². The topological polar surface area (TPSA) is 78.4 Å². The molecule has 0 aliphatic heterocycles. The lowest BCUT2D eigenvalue weighted by molar-refractivity contribution is 0.0692. The van der Waals surface area contributed by atoms with E-state index in [4.69, 9.17) is 5.11 Å². The Bertz CT molecular complexity index is 503. The van der Waals surface area contributed by atoms with Crippen LogP contribution in [0.15, 0.2) is 18.2 Å². The van der Waals surface area contributed by atoms with Gasteiger partial charge in [0.15, 0.2) is 0 Å². The molecular formula is C14H19FN2O3. The number of hydrogen-bond acceptors (Lipinski definition) is 2. The summed E-state index contributed by atoms with van der Waals surface area (Å²) in [5.41, 5.74) is -0.237. The third-order valence-corrected chi connectivity index (χ3v) is 3.02. The molecule has 0 heterocycles. The quantitative estimate of drug-likeness (QED) is 0.776. The maximum absolute atomic E-state index is 13.2. The Morgan fingerprint density at radius 3 is 2.50 bits per heavy atom. The van der Waals surface area contributed by atoms with E-state index in [-0.39, 0.29) is 17.6 Å². The summed E-state index contributed by atoms with van der Waals surface area (Å²) >= 11 is 0. The molecule has 1 aromatic carbocycles. The highest BCUT2D eigenvalue weighted by Gasteiger charge is 2.15. The van der Waals surface area contributed by atoms with Gasteiger partial charge in [-0.25, -0.2) is 14.0 Å². The maximum atomic E-state index is 13.2. The fourth-order valence-electron chi connectivity index (χ4n) is 1.84. The molecule has 1 unspecified atom stereocenters. The number of carbonyl (C=O) groups excluding carboxylic acids is 1. The van der Waals surface area contributed by atoms with Crippen LogP contribution in [0.5, 0.6) is 0 Å². The summed E-state index contributed by atoms with van der Waals surface area (Å²) in [4.78, 5) is 22.6. The maximum Gasteiger partial charge on any atom is 0.338 e. The molecule has 20 heavy (non-hydrogen) atoms. The van der Waals surface area contributed by atoms with Gasteiger partial charge in [-0.2, -0.15) is 0 Å². The highest BCUT2D eigenvalue weighted by molar-refractivity contribution is 5.93. The third-order valence-electron chi connectivity index (χ3n) is 3.02. The zero-order valence-electron chi connectivity index (χ0n) is 11.7. The van der Waals surface area contributed by atoms with Crippen molar-refractivity contribution in [2.75, 3.05) is 5.32 Å². The monoisotopic (exact) mass is 282 g/mol. The van der Waals surface area contributed by atoms with Crippen LogP contribution in [0.1, 0.15) is 37.6 Å². The molecule has 110 valence electrons. The lowest BCUT2D eigenvalue weighted by Gasteiger charge is -2.21. The first kappa shape index (κ1) is 15.9. The van der Waals surface area contributed by atoms with Gasteiger partial charge in [0.1, 0.15) is 5.82 Å². The van der Waals surface area contributed by atoms with Crippen molar-refractivity contribution in [2.24, 2.45) is 5.92 Å². The van der Waals surface area contributed by atoms with Crippen LogP contribution in [0.25, 0.3) is 0 Å². The second kappa shape index (κ2) is 6.88. The Labute approximate surface area is 117 Å². The highest BCUT2D eigenvalue weighted by Crippen LogP contribution is 2.15. The van der Waals surface area contributed by atoms with Crippen LogP contribution < -0.4 is 10.6 Å². The zero-order valence-corrected chi connectivity index (χ0v) is 11.7. The van der Waals surface area contributed by atoms with Gasteiger partial charge in [-0.1, -0.05) is 20.8 Å². The van der Waals surface area contributed by atoms with E-state index in [1.807, 2.05) is 20.8 Å².